The van der Waals surface area contributed by atoms with Crippen molar-refractivity contribution >= 4 is 33.2 Å². The quantitative estimate of drug-likeness (QED) is 0.713. The Labute approximate surface area is 126 Å². The maximum absolute atomic E-state index is 12.6. The number of alkyl halides is 3. The van der Waals surface area contributed by atoms with E-state index in [2.05, 4.69) is 15.9 Å². The summed E-state index contributed by atoms with van der Waals surface area (Å²) in [6.07, 6.45) is -4.41. The van der Waals surface area contributed by atoms with Gasteiger partial charge in [0, 0.05) is 0 Å². The van der Waals surface area contributed by atoms with Crippen molar-refractivity contribution in [3.05, 3.63) is 51.5 Å². The molecule has 0 fully saturated rings. The molecule has 106 valence electrons. The Morgan fingerprint density at radius 2 is 1.85 bits per heavy atom. The van der Waals surface area contributed by atoms with Gasteiger partial charge in [0.15, 0.2) is 5.75 Å². The standard InChI is InChI=1S/C13H8BrClF3NO/c14-8-6-7(13(16,17)18)4-5-11(8)20-12-9(15)2-1-3-10(12)19/h1-6H,19H2. The highest BCUT2D eigenvalue weighted by atomic mass is 79.9. The predicted molar refractivity (Wildman–Crippen MR) is 75.1 cm³/mol. The van der Waals surface area contributed by atoms with Crippen molar-refractivity contribution in [1.29, 1.82) is 0 Å². The molecule has 2 rings (SSSR count). The first-order valence-corrected chi connectivity index (χ1v) is 6.54. The average molecular weight is 367 g/mol. The number of halogens is 5. The van der Waals surface area contributed by atoms with Crippen molar-refractivity contribution in [1.82, 2.24) is 0 Å². The first-order valence-electron chi connectivity index (χ1n) is 5.37. The van der Waals surface area contributed by atoms with Gasteiger partial charge in [0.05, 0.1) is 20.7 Å². The molecule has 0 aliphatic carbocycles. The zero-order valence-corrected chi connectivity index (χ0v) is 12.2. The highest BCUT2D eigenvalue weighted by Crippen LogP contribution is 2.40. The van der Waals surface area contributed by atoms with Crippen LogP contribution in [0.25, 0.3) is 0 Å². The highest BCUT2D eigenvalue weighted by molar-refractivity contribution is 9.10. The molecule has 7 heteroatoms. The van der Waals surface area contributed by atoms with Gasteiger partial charge in [-0.25, -0.2) is 0 Å². The minimum absolute atomic E-state index is 0.159. The number of benzene rings is 2. The minimum atomic E-state index is -4.41. The summed E-state index contributed by atoms with van der Waals surface area (Å²) in [7, 11) is 0. The van der Waals surface area contributed by atoms with Crippen LogP contribution < -0.4 is 10.5 Å². The van der Waals surface area contributed by atoms with Crippen molar-refractivity contribution in [2.24, 2.45) is 0 Å². The molecule has 2 N–H and O–H groups in total. The van der Waals surface area contributed by atoms with Crippen molar-refractivity contribution in [2.75, 3.05) is 5.73 Å². The Balaban J connectivity index is 2.36. The molecule has 0 heterocycles. The van der Waals surface area contributed by atoms with Crippen LogP contribution in [-0.2, 0) is 6.18 Å². The number of nitrogens with two attached hydrogens (primary N) is 1. The predicted octanol–water partition coefficient (Wildman–Crippen LogP) is 5.50. The fourth-order valence-electron chi connectivity index (χ4n) is 1.50. The topological polar surface area (TPSA) is 35.2 Å². The monoisotopic (exact) mass is 365 g/mol. The van der Waals surface area contributed by atoms with E-state index in [1.165, 1.54) is 6.07 Å². The maximum Gasteiger partial charge on any atom is 0.416 e. The molecule has 0 aromatic heterocycles. The molecule has 2 aromatic carbocycles. The number of nitrogen functional groups attached to an aromatic ring is 1. The van der Waals surface area contributed by atoms with E-state index in [4.69, 9.17) is 22.1 Å². The van der Waals surface area contributed by atoms with Crippen LogP contribution in [0.3, 0.4) is 0 Å². The Morgan fingerprint density at radius 3 is 2.40 bits per heavy atom. The van der Waals surface area contributed by atoms with Crippen LogP contribution in [0, 0.1) is 0 Å². The molecule has 20 heavy (non-hydrogen) atoms. The van der Waals surface area contributed by atoms with E-state index in [0.29, 0.717) is 5.69 Å². The lowest BCUT2D eigenvalue weighted by Crippen LogP contribution is -2.04. The summed E-state index contributed by atoms with van der Waals surface area (Å²) in [6, 6.07) is 7.86. The lowest BCUT2D eigenvalue weighted by Gasteiger charge is -2.13. The van der Waals surface area contributed by atoms with Gasteiger partial charge in [0.25, 0.3) is 0 Å². The molecule has 2 aromatic rings. The fraction of sp³-hybridized carbons (Fsp3) is 0.0769. The SMILES string of the molecule is Nc1cccc(Cl)c1Oc1ccc(C(F)(F)F)cc1Br. The molecule has 0 saturated heterocycles. The normalized spacial score (nSPS) is 11.4. The number of rotatable bonds is 2. The lowest BCUT2D eigenvalue weighted by atomic mass is 10.2. The van der Waals surface area contributed by atoms with Crippen LogP contribution in [-0.4, -0.2) is 0 Å². The molecule has 0 radical (unpaired) electrons. The molecule has 0 atom stereocenters. The van der Waals surface area contributed by atoms with E-state index in [-0.39, 0.29) is 21.0 Å². The van der Waals surface area contributed by atoms with Gasteiger partial charge in [-0.3, -0.25) is 0 Å². The van der Waals surface area contributed by atoms with Crippen LogP contribution in [0.5, 0.6) is 11.5 Å². The number of anilines is 1. The maximum atomic E-state index is 12.6. The third-order valence-corrected chi connectivity index (χ3v) is 3.39. The lowest BCUT2D eigenvalue weighted by molar-refractivity contribution is -0.137. The summed E-state index contributed by atoms with van der Waals surface area (Å²) in [5, 5.41) is 0.275. The molecule has 0 unspecified atom stereocenters. The molecule has 0 aliphatic rings. The summed E-state index contributed by atoms with van der Waals surface area (Å²) < 4.78 is 43.3. The van der Waals surface area contributed by atoms with Gasteiger partial charge in [-0.2, -0.15) is 13.2 Å². The molecule has 0 saturated carbocycles. The minimum Gasteiger partial charge on any atom is -0.452 e. The van der Waals surface area contributed by atoms with Crippen molar-refractivity contribution < 1.29 is 17.9 Å². The van der Waals surface area contributed by atoms with Gasteiger partial charge in [0.2, 0.25) is 0 Å². The number of para-hydroxylation sites is 1. The van der Waals surface area contributed by atoms with E-state index in [1.54, 1.807) is 18.2 Å². The van der Waals surface area contributed by atoms with E-state index in [1.807, 2.05) is 0 Å². The first kappa shape index (κ1) is 15.0. The van der Waals surface area contributed by atoms with E-state index in [9.17, 15) is 13.2 Å². The van der Waals surface area contributed by atoms with Crippen molar-refractivity contribution in [2.45, 2.75) is 6.18 Å². The number of hydrogen-bond donors (Lipinski definition) is 1. The average Bonchev–Trinajstić information content (AvgIpc) is 2.34. The van der Waals surface area contributed by atoms with Crippen LogP contribution in [0.1, 0.15) is 5.56 Å². The summed E-state index contributed by atoms with van der Waals surface area (Å²) in [5.74, 6) is 0.396. The summed E-state index contributed by atoms with van der Waals surface area (Å²) in [5.41, 5.74) is 5.24. The number of hydrogen-bond acceptors (Lipinski definition) is 2. The van der Waals surface area contributed by atoms with Crippen LogP contribution >= 0.6 is 27.5 Å². The smallest absolute Gasteiger partial charge is 0.416 e. The molecule has 2 nitrogen and oxygen atoms in total. The largest absolute Gasteiger partial charge is 0.452 e. The first-order chi connectivity index (χ1) is 9.29. The van der Waals surface area contributed by atoms with Gasteiger partial charge in [-0.05, 0) is 46.3 Å². The van der Waals surface area contributed by atoms with Gasteiger partial charge < -0.3 is 10.5 Å². The van der Waals surface area contributed by atoms with E-state index < -0.39 is 11.7 Å². The molecule has 0 spiro atoms. The number of ether oxygens (including phenoxy) is 1. The van der Waals surface area contributed by atoms with Gasteiger partial charge in [0.1, 0.15) is 5.75 Å². The Bertz CT molecular complexity index is 626. The second-order valence-electron chi connectivity index (χ2n) is 3.90. The van der Waals surface area contributed by atoms with Crippen LogP contribution in [0.15, 0.2) is 40.9 Å². The second-order valence-corrected chi connectivity index (χ2v) is 5.16. The Kier molecular flexibility index (Phi) is 4.15. The fourth-order valence-corrected chi connectivity index (χ4v) is 2.18. The Hall–Kier alpha value is -1.40. The van der Waals surface area contributed by atoms with Crippen LogP contribution in [0.4, 0.5) is 18.9 Å². The zero-order chi connectivity index (χ0) is 14.9. The molecule has 0 bridgehead atoms. The van der Waals surface area contributed by atoms with E-state index in [0.717, 1.165) is 12.1 Å². The highest BCUT2D eigenvalue weighted by Gasteiger charge is 2.31. The van der Waals surface area contributed by atoms with Crippen molar-refractivity contribution in [3.8, 4) is 11.5 Å². The molecule has 0 amide bonds. The van der Waals surface area contributed by atoms with Crippen LogP contribution in [0.2, 0.25) is 5.02 Å². The molecular weight excluding hydrogens is 358 g/mol. The Morgan fingerprint density at radius 1 is 1.15 bits per heavy atom. The van der Waals surface area contributed by atoms with Gasteiger partial charge in [-0.1, -0.05) is 17.7 Å². The molecule has 0 aliphatic heterocycles. The summed E-state index contributed by atoms with van der Waals surface area (Å²) >= 11 is 8.97. The molecular formula is C13H8BrClF3NO. The van der Waals surface area contributed by atoms with Gasteiger partial charge >= 0.3 is 6.18 Å². The second kappa shape index (κ2) is 5.54. The summed E-state index contributed by atoms with van der Waals surface area (Å²) in [6.45, 7) is 0. The van der Waals surface area contributed by atoms with Gasteiger partial charge in [-0.15, -0.1) is 0 Å². The zero-order valence-electron chi connectivity index (χ0n) is 9.84. The summed E-state index contributed by atoms with van der Waals surface area (Å²) in [4.78, 5) is 0. The van der Waals surface area contributed by atoms with E-state index >= 15 is 0 Å². The van der Waals surface area contributed by atoms with Crippen molar-refractivity contribution in [3.63, 3.8) is 0 Å². The third kappa shape index (κ3) is 3.19. The third-order valence-electron chi connectivity index (χ3n) is 2.47.